The fourth-order valence-corrected chi connectivity index (χ4v) is 3.46. The summed E-state index contributed by atoms with van der Waals surface area (Å²) in [6.07, 6.45) is -3.39. The average molecular weight is 373 g/mol. The summed E-state index contributed by atoms with van der Waals surface area (Å²) in [6, 6.07) is 15.5. The average Bonchev–Trinajstić information content (AvgIpc) is 2.87. The van der Waals surface area contributed by atoms with Crippen LogP contribution in [-0.4, -0.2) is 36.0 Å². The molecule has 27 heavy (non-hydrogen) atoms. The lowest BCUT2D eigenvalue weighted by Crippen LogP contribution is -2.30. The third-order valence-electron chi connectivity index (χ3n) is 4.89. The van der Waals surface area contributed by atoms with Crippen LogP contribution in [-0.2, 0) is 19.3 Å². The first-order valence-corrected chi connectivity index (χ1v) is 9.04. The summed E-state index contributed by atoms with van der Waals surface area (Å²) < 4.78 is 39.6. The summed E-state index contributed by atoms with van der Waals surface area (Å²) in [7, 11) is 0. The summed E-state index contributed by atoms with van der Waals surface area (Å²) in [4.78, 5) is 4.42. The monoisotopic (exact) mass is 373 g/mol. The number of nitrogens with zero attached hydrogens (tertiary/aromatic N) is 3. The molecule has 0 atom stereocenters. The van der Waals surface area contributed by atoms with Crippen molar-refractivity contribution in [2.75, 3.05) is 26.2 Å². The molecule has 0 amide bonds. The van der Waals surface area contributed by atoms with E-state index in [0.29, 0.717) is 17.7 Å². The van der Waals surface area contributed by atoms with Crippen LogP contribution in [0.1, 0.15) is 28.7 Å². The molecule has 1 fully saturated rings. The Morgan fingerprint density at radius 2 is 1.48 bits per heavy atom. The molecule has 3 rings (SSSR count). The van der Waals surface area contributed by atoms with E-state index in [-0.39, 0.29) is 0 Å². The van der Waals surface area contributed by atoms with Crippen molar-refractivity contribution in [1.82, 2.24) is 9.80 Å². The number of nitriles is 1. The van der Waals surface area contributed by atoms with Gasteiger partial charge in [0.15, 0.2) is 0 Å². The zero-order chi connectivity index (χ0) is 19.3. The SMILES string of the molecule is N#Cc1ccc(CN2CCCN(Cc3ccccc3C(F)(F)F)CC2)cc1. The molecule has 3 nitrogen and oxygen atoms in total. The Morgan fingerprint density at radius 1 is 0.852 bits per heavy atom. The maximum atomic E-state index is 13.2. The molecular weight excluding hydrogens is 351 g/mol. The number of rotatable bonds is 4. The smallest absolute Gasteiger partial charge is 0.298 e. The van der Waals surface area contributed by atoms with E-state index in [1.165, 1.54) is 6.07 Å². The van der Waals surface area contributed by atoms with Gasteiger partial charge in [-0.05, 0) is 48.8 Å². The van der Waals surface area contributed by atoms with Crippen molar-refractivity contribution in [2.45, 2.75) is 25.7 Å². The highest BCUT2D eigenvalue weighted by Gasteiger charge is 2.33. The second-order valence-electron chi connectivity index (χ2n) is 6.87. The van der Waals surface area contributed by atoms with E-state index in [2.05, 4.69) is 15.9 Å². The Bertz CT molecular complexity index is 794. The first kappa shape index (κ1) is 19.4. The van der Waals surface area contributed by atoms with Crippen LogP contribution >= 0.6 is 0 Å². The Kier molecular flexibility index (Phi) is 6.15. The van der Waals surface area contributed by atoms with Crippen molar-refractivity contribution in [1.29, 1.82) is 5.26 Å². The van der Waals surface area contributed by atoms with Crippen molar-refractivity contribution in [3.05, 3.63) is 70.8 Å². The first-order chi connectivity index (χ1) is 13.0. The molecule has 0 radical (unpaired) electrons. The highest BCUT2D eigenvalue weighted by atomic mass is 19.4. The van der Waals surface area contributed by atoms with Gasteiger partial charge in [0.2, 0.25) is 0 Å². The van der Waals surface area contributed by atoms with Gasteiger partial charge in [-0.3, -0.25) is 9.80 Å². The molecule has 0 spiro atoms. The van der Waals surface area contributed by atoms with Crippen molar-refractivity contribution in [2.24, 2.45) is 0 Å². The van der Waals surface area contributed by atoms with Crippen LogP contribution in [0.3, 0.4) is 0 Å². The summed E-state index contributed by atoms with van der Waals surface area (Å²) >= 11 is 0. The lowest BCUT2D eigenvalue weighted by Gasteiger charge is -2.23. The maximum absolute atomic E-state index is 13.2. The molecule has 0 bridgehead atoms. The van der Waals surface area contributed by atoms with Gasteiger partial charge in [0, 0.05) is 26.2 Å². The molecule has 0 N–H and O–H groups in total. The lowest BCUT2D eigenvalue weighted by atomic mass is 10.1. The van der Waals surface area contributed by atoms with Gasteiger partial charge < -0.3 is 0 Å². The topological polar surface area (TPSA) is 30.3 Å². The standard InChI is InChI=1S/C21H22F3N3/c22-21(23,24)20-5-2-1-4-19(20)16-27-11-3-10-26(12-13-27)15-18-8-6-17(14-25)7-9-18/h1-2,4-9H,3,10-13,15-16H2. The van der Waals surface area contributed by atoms with Crippen LogP contribution in [0.25, 0.3) is 0 Å². The van der Waals surface area contributed by atoms with Crippen LogP contribution < -0.4 is 0 Å². The number of hydrogen-bond donors (Lipinski definition) is 0. The minimum atomic E-state index is -4.32. The van der Waals surface area contributed by atoms with Crippen LogP contribution in [0, 0.1) is 11.3 Å². The van der Waals surface area contributed by atoms with Crippen LogP contribution in [0.2, 0.25) is 0 Å². The molecule has 0 unspecified atom stereocenters. The van der Waals surface area contributed by atoms with Gasteiger partial charge in [-0.1, -0.05) is 30.3 Å². The molecular formula is C21H22F3N3. The summed E-state index contributed by atoms with van der Waals surface area (Å²) in [5.41, 5.74) is 1.59. The van der Waals surface area contributed by atoms with Gasteiger partial charge in [0.05, 0.1) is 17.2 Å². The van der Waals surface area contributed by atoms with E-state index in [1.807, 2.05) is 24.3 Å². The summed E-state index contributed by atoms with van der Waals surface area (Å²) in [5.74, 6) is 0. The third kappa shape index (κ3) is 5.31. The highest BCUT2D eigenvalue weighted by Crippen LogP contribution is 2.32. The Morgan fingerprint density at radius 3 is 2.11 bits per heavy atom. The Balaban J connectivity index is 1.60. The van der Waals surface area contributed by atoms with Crippen molar-refractivity contribution in [3.63, 3.8) is 0 Å². The summed E-state index contributed by atoms with van der Waals surface area (Å²) in [5, 5.41) is 8.87. The molecule has 0 aliphatic carbocycles. The molecule has 6 heteroatoms. The second-order valence-corrected chi connectivity index (χ2v) is 6.87. The van der Waals surface area contributed by atoms with E-state index >= 15 is 0 Å². The zero-order valence-electron chi connectivity index (χ0n) is 15.0. The fourth-order valence-electron chi connectivity index (χ4n) is 3.46. The minimum absolute atomic E-state index is 0.320. The van der Waals surface area contributed by atoms with Crippen molar-refractivity contribution >= 4 is 0 Å². The molecule has 0 aromatic heterocycles. The molecule has 1 saturated heterocycles. The van der Waals surface area contributed by atoms with Crippen LogP contribution in [0.15, 0.2) is 48.5 Å². The zero-order valence-corrected chi connectivity index (χ0v) is 15.0. The molecule has 2 aromatic rings. The minimum Gasteiger partial charge on any atom is -0.298 e. The first-order valence-electron chi connectivity index (χ1n) is 9.04. The van der Waals surface area contributed by atoms with E-state index in [9.17, 15) is 13.2 Å². The molecule has 1 aliphatic heterocycles. The van der Waals surface area contributed by atoms with Gasteiger partial charge in [-0.15, -0.1) is 0 Å². The van der Waals surface area contributed by atoms with Crippen molar-refractivity contribution < 1.29 is 13.2 Å². The maximum Gasteiger partial charge on any atom is 0.416 e. The Labute approximate surface area is 157 Å². The van der Waals surface area contributed by atoms with Crippen LogP contribution in [0.5, 0.6) is 0 Å². The second kappa shape index (κ2) is 8.55. The van der Waals surface area contributed by atoms with Gasteiger partial charge in [-0.25, -0.2) is 0 Å². The highest BCUT2D eigenvalue weighted by molar-refractivity contribution is 5.31. The van der Waals surface area contributed by atoms with Gasteiger partial charge in [0.1, 0.15) is 0 Å². The quantitative estimate of drug-likeness (QED) is 0.801. The van der Waals surface area contributed by atoms with Gasteiger partial charge in [-0.2, -0.15) is 18.4 Å². The predicted octanol–water partition coefficient (Wildman–Crippen LogP) is 4.28. The molecule has 2 aromatic carbocycles. The number of hydrogen-bond acceptors (Lipinski definition) is 3. The lowest BCUT2D eigenvalue weighted by molar-refractivity contribution is -0.138. The van der Waals surface area contributed by atoms with Gasteiger partial charge >= 0.3 is 6.18 Å². The van der Waals surface area contributed by atoms with Gasteiger partial charge in [0.25, 0.3) is 0 Å². The molecule has 1 aliphatic rings. The molecule has 142 valence electrons. The summed E-state index contributed by atoms with van der Waals surface area (Å²) in [6.45, 7) is 4.36. The largest absolute Gasteiger partial charge is 0.416 e. The van der Waals surface area contributed by atoms with Crippen LogP contribution in [0.4, 0.5) is 13.2 Å². The van der Waals surface area contributed by atoms with E-state index in [4.69, 9.17) is 5.26 Å². The number of halogens is 3. The number of benzene rings is 2. The predicted molar refractivity (Wildman–Crippen MR) is 97.8 cm³/mol. The van der Waals surface area contributed by atoms with E-state index in [1.54, 1.807) is 12.1 Å². The normalized spacial score (nSPS) is 16.7. The fraction of sp³-hybridized carbons (Fsp3) is 0.381. The molecule has 1 heterocycles. The number of alkyl halides is 3. The van der Waals surface area contributed by atoms with E-state index < -0.39 is 11.7 Å². The van der Waals surface area contributed by atoms with E-state index in [0.717, 1.165) is 50.8 Å². The third-order valence-corrected chi connectivity index (χ3v) is 4.89. The van der Waals surface area contributed by atoms with Crippen molar-refractivity contribution in [3.8, 4) is 6.07 Å². The Hall–Kier alpha value is -2.36. The molecule has 0 saturated carbocycles.